The van der Waals surface area contributed by atoms with Gasteiger partial charge in [-0.15, -0.1) is 5.10 Å². The van der Waals surface area contributed by atoms with Crippen LogP contribution >= 0.6 is 0 Å². The van der Waals surface area contributed by atoms with E-state index in [1.54, 1.807) is 29.5 Å². The van der Waals surface area contributed by atoms with Crippen LogP contribution in [0.15, 0.2) is 49.4 Å². The maximum Gasteiger partial charge on any atom is 0.256 e. The van der Waals surface area contributed by atoms with Crippen molar-refractivity contribution < 1.29 is 18.9 Å². The smallest absolute Gasteiger partial charge is 0.256 e. The molecule has 1 N–H and O–H groups in total. The van der Waals surface area contributed by atoms with Crippen LogP contribution < -0.4 is 14.8 Å². The van der Waals surface area contributed by atoms with Gasteiger partial charge in [-0.3, -0.25) is 9.58 Å². The summed E-state index contributed by atoms with van der Waals surface area (Å²) in [7, 11) is 0. The fraction of sp³-hybridized carbons (Fsp3) is 0.568. The van der Waals surface area contributed by atoms with E-state index in [1.165, 1.54) is 19.2 Å². The Balaban J connectivity index is 1.02. The quantitative estimate of drug-likeness (QED) is 0.155. The molecule has 4 aromatic rings. The van der Waals surface area contributed by atoms with Gasteiger partial charge < -0.3 is 24.3 Å². The number of anilines is 2. The topological polar surface area (TPSA) is 150 Å². The van der Waals surface area contributed by atoms with Crippen LogP contribution in [0.4, 0.5) is 11.6 Å². The number of nitriles is 1. The Morgan fingerprint density at radius 2 is 1.71 bits per heavy atom. The molecule has 0 unspecified atom stereocenters. The van der Waals surface area contributed by atoms with Crippen LogP contribution in [-0.2, 0) is 16.0 Å². The van der Waals surface area contributed by atoms with Crippen LogP contribution in [0.1, 0.15) is 77.3 Å². The molecule has 2 saturated heterocycles. The number of nitrogens with zero attached hydrogens (tertiary/aromatic N) is 9. The summed E-state index contributed by atoms with van der Waals surface area (Å²) in [4.78, 5) is 16.0. The second-order valence-corrected chi connectivity index (χ2v) is 14.1. The van der Waals surface area contributed by atoms with Gasteiger partial charge in [0.05, 0.1) is 56.9 Å². The Kier molecular flexibility index (Phi) is 11.1. The maximum absolute atomic E-state index is 9.70. The molecule has 7 rings (SSSR count). The van der Waals surface area contributed by atoms with Crippen LogP contribution in [0, 0.1) is 11.3 Å². The third kappa shape index (κ3) is 8.49. The van der Waals surface area contributed by atoms with Crippen molar-refractivity contribution in [3.63, 3.8) is 0 Å². The summed E-state index contributed by atoms with van der Waals surface area (Å²) in [5, 5.41) is 22.1. The van der Waals surface area contributed by atoms with Crippen molar-refractivity contribution in [3.05, 3.63) is 55.0 Å². The monoisotopic (exact) mass is 696 g/mol. The van der Waals surface area contributed by atoms with Gasteiger partial charge in [0, 0.05) is 42.5 Å². The zero-order valence-electron chi connectivity index (χ0n) is 29.7. The van der Waals surface area contributed by atoms with Gasteiger partial charge in [-0.1, -0.05) is 6.07 Å². The number of rotatable bonds is 15. The third-order valence-corrected chi connectivity index (χ3v) is 10.0. The molecule has 0 amide bonds. The fourth-order valence-corrected chi connectivity index (χ4v) is 7.58. The normalized spacial score (nSPS) is 22.5. The Bertz CT molecular complexity index is 1730. The number of hydrogen-bond acceptors (Lipinski definition) is 12. The van der Waals surface area contributed by atoms with E-state index in [4.69, 9.17) is 24.0 Å². The van der Waals surface area contributed by atoms with Crippen molar-refractivity contribution in [2.24, 2.45) is 0 Å². The van der Waals surface area contributed by atoms with Gasteiger partial charge in [-0.25, -0.2) is 19.6 Å². The lowest BCUT2D eigenvalue weighted by Gasteiger charge is -2.43. The second-order valence-electron chi connectivity index (χ2n) is 14.1. The van der Waals surface area contributed by atoms with E-state index < -0.39 is 0 Å². The minimum absolute atomic E-state index is 0.182. The number of ether oxygens (including phenoxy) is 4. The standard InChI is InChI=1S/C37H48N10O4/c1-25(2)49-13-4-14-50-36-34(20-46(44-36)30-7-9-31(10-8-30)47-32-11-12-33(47)22-48-21-32)43-37-40-17-29(18-41-37)27-5-6-28(16-38)35(15-27)51-26(3)19-45-24-39-23-42-45/h5-6,15,17-18,20,23-26,30-33H,4,7-14,19,21-22H2,1-3H3,(H,40,41,43)/t26-,30?,31?,32-,33+/m0/s1. The molecule has 1 aliphatic carbocycles. The van der Waals surface area contributed by atoms with E-state index in [0.29, 0.717) is 67.1 Å². The number of hydrogen-bond donors (Lipinski definition) is 1. The zero-order chi connectivity index (χ0) is 35.2. The minimum atomic E-state index is -0.230. The van der Waals surface area contributed by atoms with Crippen LogP contribution in [-0.4, -0.2) is 96.2 Å². The number of benzene rings is 1. The number of fused-ring (bicyclic) bond motifs is 2. The highest BCUT2D eigenvalue weighted by atomic mass is 16.5. The van der Waals surface area contributed by atoms with Crippen molar-refractivity contribution in [2.45, 2.75) is 109 Å². The first kappa shape index (κ1) is 34.9. The predicted octanol–water partition coefficient (Wildman–Crippen LogP) is 5.56. The lowest BCUT2D eigenvalue weighted by Crippen LogP contribution is -2.52. The molecule has 270 valence electrons. The minimum Gasteiger partial charge on any atom is -0.487 e. The average Bonchev–Trinajstić information content (AvgIpc) is 3.86. The van der Waals surface area contributed by atoms with Gasteiger partial charge in [0.1, 0.15) is 36.3 Å². The third-order valence-electron chi connectivity index (χ3n) is 10.0. The van der Waals surface area contributed by atoms with Gasteiger partial charge in [0.2, 0.25) is 5.95 Å². The van der Waals surface area contributed by atoms with E-state index >= 15 is 0 Å². The zero-order valence-corrected chi connectivity index (χ0v) is 29.7. The highest BCUT2D eigenvalue weighted by Crippen LogP contribution is 2.39. The molecule has 3 fully saturated rings. The van der Waals surface area contributed by atoms with Crippen molar-refractivity contribution in [3.8, 4) is 28.8 Å². The van der Waals surface area contributed by atoms with Gasteiger partial charge >= 0.3 is 0 Å². The summed E-state index contributed by atoms with van der Waals surface area (Å²) < 4.78 is 27.7. The van der Waals surface area contributed by atoms with E-state index in [-0.39, 0.29) is 12.2 Å². The maximum atomic E-state index is 9.70. The van der Waals surface area contributed by atoms with Crippen LogP contribution in [0.5, 0.6) is 11.6 Å². The predicted molar refractivity (Wildman–Crippen MR) is 190 cm³/mol. The van der Waals surface area contributed by atoms with Crippen LogP contribution in [0.3, 0.4) is 0 Å². The van der Waals surface area contributed by atoms with Crippen molar-refractivity contribution in [1.82, 2.24) is 39.4 Å². The molecule has 0 spiro atoms. The highest BCUT2D eigenvalue weighted by molar-refractivity contribution is 5.67. The number of morpholine rings is 1. The van der Waals surface area contributed by atoms with E-state index in [1.807, 2.05) is 39.1 Å². The highest BCUT2D eigenvalue weighted by Gasteiger charge is 2.42. The fourth-order valence-electron chi connectivity index (χ4n) is 7.58. The molecule has 51 heavy (non-hydrogen) atoms. The van der Waals surface area contributed by atoms with Crippen LogP contribution in [0.2, 0.25) is 0 Å². The van der Waals surface area contributed by atoms with Gasteiger partial charge in [0.25, 0.3) is 5.88 Å². The molecule has 0 radical (unpaired) electrons. The molecular weight excluding hydrogens is 648 g/mol. The summed E-state index contributed by atoms with van der Waals surface area (Å²) in [6, 6.07) is 9.79. The van der Waals surface area contributed by atoms with Gasteiger partial charge in [0.15, 0.2) is 0 Å². The first-order chi connectivity index (χ1) is 24.9. The van der Waals surface area contributed by atoms with Gasteiger partial charge in [-0.2, -0.15) is 10.4 Å². The molecule has 1 saturated carbocycles. The molecule has 2 bridgehead atoms. The molecule has 3 atom stereocenters. The molecule has 3 aliphatic rings. The van der Waals surface area contributed by atoms with E-state index in [9.17, 15) is 5.26 Å². The SMILES string of the molecule is CC(C)OCCCOc1nn(C2CCC(N3[C@@H]4CC[C@H]3COC4)CC2)cc1Nc1ncc(-c2ccc(C#N)c(O[C@@H](C)Cn3cncn3)c2)cn1. The van der Waals surface area contributed by atoms with Gasteiger partial charge in [-0.05, 0) is 77.0 Å². The molecule has 1 aromatic carbocycles. The summed E-state index contributed by atoms with van der Waals surface area (Å²) in [6.07, 6.45) is 16.4. The first-order valence-corrected chi connectivity index (χ1v) is 18.2. The van der Waals surface area contributed by atoms with E-state index in [2.05, 4.69) is 41.0 Å². The first-order valence-electron chi connectivity index (χ1n) is 18.2. The molecular formula is C37H48N10O4. The molecule has 5 heterocycles. The molecule has 2 aliphatic heterocycles. The van der Waals surface area contributed by atoms with Crippen molar-refractivity contribution in [2.75, 3.05) is 31.7 Å². The Hall–Kier alpha value is -4.58. The Morgan fingerprint density at radius 1 is 0.961 bits per heavy atom. The van der Waals surface area contributed by atoms with Crippen LogP contribution in [0.25, 0.3) is 11.1 Å². The summed E-state index contributed by atoms with van der Waals surface area (Å²) in [6.45, 7) is 9.38. The number of nitrogens with one attached hydrogen (secondary N) is 1. The lowest BCUT2D eigenvalue weighted by atomic mass is 9.89. The van der Waals surface area contributed by atoms with E-state index in [0.717, 1.165) is 62.1 Å². The van der Waals surface area contributed by atoms with Crippen molar-refractivity contribution >= 4 is 11.6 Å². The summed E-state index contributed by atoms with van der Waals surface area (Å²) in [5.41, 5.74) is 2.81. The molecule has 14 heteroatoms. The molecule has 3 aromatic heterocycles. The Labute approximate surface area is 299 Å². The Morgan fingerprint density at radius 3 is 2.41 bits per heavy atom. The molecule has 14 nitrogen and oxygen atoms in total. The second kappa shape index (κ2) is 16.2. The average molecular weight is 697 g/mol. The van der Waals surface area contributed by atoms with Crippen molar-refractivity contribution in [1.29, 1.82) is 5.26 Å². The summed E-state index contributed by atoms with van der Waals surface area (Å²) in [5.74, 6) is 1.46. The largest absolute Gasteiger partial charge is 0.487 e. The lowest BCUT2D eigenvalue weighted by molar-refractivity contribution is -0.0458. The number of aromatic nitrogens is 7. The summed E-state index contributed by atoms with van der Waals surface area (Å²) >= 11 is 0.